The first-order valence-corrected chi connectivity index (χ1v) is 21.1. The predicted octanol–water partition coefficient (Wildman–Crippen LogP) is 3.47. The summed E-state index contributed by atoms with van der Waals surface area (Å²) in [7, 11) is -0.799. The minimum atomic E-state index is -2.16. The lowest BCUT2D eigenvalue weighted by molar-refractivity contribution is -0.909. The van der Waals surface area contributed by atoms with Gasteiger partial charge in [-0.15, -0.1) is 0 Å². The molecule has 1 aromatic rings. The number of hydrogen-bond donors (Lipinski definition) is 0. The van der Waals surface area contributed by atoms with Crippen LogP contribution in [0.4, 0.5) is 0 Å². The van der Waals surface area contributed by atoms with E-state index in [4.69, 9.17) is 13.0 Å². The lowest BCUT2D eigenvalue weighted by Gasteiger charge is -2.39. The molecule has 0 aliphatic heterocycles. The Hall–Kier alpha value is 0.000649. The van der Waals surface area contributed by atoms with Gasteiger partial charge in [-0.05, 0) is 58.3 Å². The summed E-state index contributed by atoms with van der Waals surface area (Å²) in [6.07, 6.45) is 1.01. The highest BCUT2D eigenvalue weighted by Gasteiger charge is 2.39. The summed E-state index contributed by atoms with van der Waals surface area (Å²) in [5.41, 5.74) is 1.51. The van der Waals surface area contributed by atoms with Gasteiger partial charge in [0.05, 0.1) is 27.2 Å². The van der Waals surface area contributed by atoms with Gasteiger partial charge in [-0.1, -0.05) is 44.2 Å². The van der Waals surface area contributed by atoms with Crippen LogP contribution < -0.4 is 12.4 Å². The molecular formula is C24H50ClNO3Si3. The summed E-state index contributed by atoms with van der Waals surface area (Å²) in [6.45, 7) is 24.2. The molecule has 0 saturated heterocycles. The minimum absolute atomic E-state index is 0. The molecule has 0 aliphatic rings. The van der Waals surface area contributed by atoms with Crippen LogP contribution in [0.25, 0.3) is 0 Å². The maximum atomic E-state index is 6.60. The zero-order valence-electron chi connectivity index (χ0n) is 22.7. The monoisotopic (exact) mass is 519 g/mol. The zero-order chi connectivity index (χ0) is 24.0. The van der Waals surface area contributed by atoms with E-state index >= 15 is 0 Å². The Morgan fingerprint density at radius 1 is 0.844 bits per heavy atom. The SMILES string of the molecule is CC(C)(COCCC[Si](C)(O[Si](C)(C)C)O[Si](C)(C)C)C[N+](C)(C)Cc1ccccc1.[Cl-]. The quantitative estimate of drug-likeness (QED) is 0.214. The molecule has 0 heterocycles. The molecule has 32 heavy (non-hydrogen) atoms. The molecule has 0 radical (unpaired) electrons. The van der Waals surface area contributed by atoms with Gasteiger partial charge in [-0.25, -0.2) is 0 Å². The third kappa shape index (κ3) is 15.0. The number of nitrogens with zero attached hydrogens (tertiary/aromatic N) is 1. The van der Waals surface area contributed by atoms with E-state index in [0.717, 1.165) is 43.3 Å². The van der Waals surface area contributed by atoms with Crippen LogP contribution in [-0.4, -0.2) is 63.5 Å². The molecule has 0 N–H and O–H groups in total. The summed E-state index contributed by atoms with van der Waals surface area (Å²) in [4.78, 5) is 0. The van der Waals surface area contributed by atoms with Crippen LogP contribution >= 0.6 is 0 Å². The molecule has 4 nitrogen and oxygen atoms in total. The van der Waals surface area contributed by atoms with E-state index in [1.54, 1.807) is 0 Å². The molecule has 0 aliphatic carbocycles. The van der Waals surface area contributed by atoms with E-state index in [0.29, 0.717) is 0 Å². The van der Waals surface area contributed by atoms with Gasteiger partial charge in [0, 0.05) is 17.6 Å². The van der Waals surface area contributed by atoms with Crippen LogP contribution in [0.3, 0.4) is 0 Å². The first-order chi connectivity index (χ1) is 13.9. The smallest absolute Gasteiger partial charge is 0.314 e. The van der Waals surface area contributed by atoms with Crippen LogP contribution in [0.5, 0.6) is 0 Å². The van der Waals surface area contributed by atoms with Gasteiger partial charge in [0.25, 0.3) is 0 Å². The fraction of sp³-hybridized carbons (Fsp3) is 0.750. The molecule has 0 bridgehead atoms. The van der Waals surface area contributed by atoms with Gasteiger partial charge in [0.1, 0.15) is 6.54 Å². The molecule has 188 valence electrons. The van der Waals surface area contributed by atoms with Crippen molar-refractivity contribution in [3.63, 3.8) is 0 Å². The van der Waals surface area contributed by atoms with Crippen molar-refractivity contribution in [2.75, 3.05) is 33.9 Å². The molecule has 0 unspecified atom stereocenters. The van der Waals surface area contributed by atoms with E-state index in [2.05, 4.69) is 104 Å². The lowest BCUT2D eigenvalue weighted by Crippen LogP contribution is -3.00. The molecule has 8 heteroatoms. The molecule has 0 amide bonds. The second-order valence-corrected chi connectivity index (χ2v) is 25.5. The predicted molar refractivity (Wildman–Crippen MR) is 142 cm³/mol. The van der Waals surface area contributed by atoms with E-state index in [1.165, 1.54) is 5.56 Å². The first kappa shape index (κ1) is 32.0. The van der Waals surface area contributed by atoms with Crippen LogP contribution in [-0.2, 0) is 19.5 Å². The van der Waals surface area contributed by atoms with Crippen molar-refractivity contribution in [3.05, 3.63) is 35.9 Å². The number of halogens is 1. The fourth-order valence-corrected chi connectivity index (χ4v) is 17.1. The number of hydrogen-bond acceptors (Lipinski definition) is 3. The topological polar surface area (TPSA) is 27.7 Å². The molecule has 0 saturated carbocycles. The van der Waals surface area contributed by atoms with Crippen molar-refractivity contribution in [2.24, 2.45) is 5.41 Å². The Morgan fingerprint density at radius 3 is 1.81 bits per heavy atom. The Kier molecular flexibility index (Phi) is 12.6. The highest BCUT2D eigenvalue weighted by molar-refractivity contribution is 6.87. The highest BCUT2D eigenvalue weighted by Crippen LogP contribution is 2.26. The molecule has 1 aromatic carbocycles. The van der Waals surface area contributed by atoms with Crippen molar-refractivity contribution >= 4 is 25.2 Å². The molecule has 0 fully saturated rings. The van der Waals surface area contributed by atoms with Gasteiger partial charge in [0.15, 0.2) is 16.6 Å². The number of ether oxygens (including phenoxy) is 1. The van der Waals surface area contributed by atoms with Gasteiger partial charge in [-0.3, -0.25) is 0 Å². The third-order valence-corrected chi connectivity index (χ3v) is 14.4. The zero-order valence-corrected chi connectivity index (χ0v) is 26.4. The maximum Gasteiger partial charge on any atom is 0.314 e. The number of quaternary nitrogens is 1. The van der Waals surface area contributed by atoms with Gasteiger partial charge in [-0.2, -0.15) is 0 Å². The standard InChI is InChI=1S/C24H50NO3Si3.ClH/c1-24(2,21-25(3,4)20-23-16-13-12-14-17-23)22-26-18-15-19-31(11,27-29(5,6)7)28-30(8,9)10;/h12-14,16-17H,15,18-22H2,1-11H3;1H/q+1;/p-1. The summed E-state index contributed by atoms with van der Waals surface area (Å²) in [5, 5.41) is 0. The van der Waals surface area contributed by atoms with Gasteiger partial charge >= 0.3 is 8.56 Å². The Labute approximate surface area is 208 Å². The molecule has 1 rings (SSSR count). The number of benzene rings is 1. The van der Waals surface area contributed by atoms with Crippen LogP contribution in [0, 0.1) is 5.41 Å². The van der Waals surface area contributed by atoms with Crippen LogP contribution in [0.1, 0.15) is 25.8 Å². The minimum Gasteiger partial charge on any atom is -1.00 e. The summed E-state index contributed by atoms with van der Waals surface area (Å²) in [6, 6.07) is 11.8. The van der Waals surface area contributed by atoms with E-state index in [9.17, 15) is 0 Å². The first-order valence-electron chi connectivity index (χ1n) is 11.7. The summed E-state index contributed by atoms with van der Waals surface area (Å²) < 4.78 is 20.3. The van der Waals surface area contributed by atoms with E-state index in [-0.39, 0.29) is 17.8 Å². The second kappa shape index (κ2) is 12.6. The Morgan fingerprint density at radius 2 is 1.34 bits per heavy atom. The third-order valence-electron chi connectivity index (χ3n) is 4.77. The number of rotatable bonds is 14. The van der Waals surface area contributed by atoms with Crippen LogP contribution in [0.2, 0.25) is 51.9 Å². The molecule has 0 aromatic heterocycles. The van der Waals surface area contributed by atoms with Gasteiger partial charge < -0.3 is 29.9 Å². The molecule has 0 atom stereocenters. The average molecular weight is 520 g/mol. The van der Waals surface area contributed by atoms with Crippen molar-refractivity contribution in [1.29, 1.82) is 0 Å². The summed E-state index contributed by atoms with van der Waals surface area (Å²) in [5.74, 6) is 0. The largest absolute Gasteiger partial charge is 1.00 e. The Balaban J connectivity index is 0.00000961. The normalized spacial score (nSPS) is 13.7. The highest BCUT2D eigenvalue weighted by atomic mass is 35.5. The maximum absolute atomic E-state index is 6.60. The van der Waals surface area contributed by atoms with Gasteiger partial charge in [0.2, 0.25) is 0 Å². The fourth-order valence-electron chi connectivity index (χ4n) is 4.60. The molecule has 0 spiro atoms. The van der Waals surface area contributed by atoms with Crippen molar-refractivity contribution in [1.82, 2.24) is 0 Å². The summed E-state index contributed by atoms with van der Waals surface area (Å²) >= 11 is 0. The van der Waals surface area contributed by atoms with Crippen molar-refractivity contribution in [3.8, 4) is 0 Å². The second-order valence-electron chi connectivity index (χ2n) is 12.6. The van der Waals surface area contributed by atoms with E-state index < -0.39 is 25.2 Å². The lowest BCUT2D eigenvalue weighted by atomic mass is 9.93. The van der Waals surface area contributed by atoms with Crippen molar-refractivity contribution < 1.29 is 29.9 Å². The average Bonchev–Trinajstić information content (AvgIpc) is 2.49. The van der Waals surface area contributed by atoms with Crippen molar-refractivity contribution in [2.45, 2.75) is 78.7 Å². The van der Waals surface area contributed by atoms with Crippen LogP contribution in [0.15, 0.2) is 30.3 Å². The van der Waals surface area contributed by atoms with E-state index in [1.807, 2.05) is 0 Å². The molecular weight excluding hydrogens is 470 g/mol. The Bertz CT molecular complexity index is 643.